The molecule has 0 amide bonds. The number of phenols is 1. The molecule has 8 aromatic rings. The number of pyridine rings is 1. The van der Waals surface area contributed by atoms with Crippen LogP contribution in [-0.2, 0) is 11.8 Å². The predicted octanol–water partition coefficient (Wildman–Crippen LogP) is 13.3. The number of imidazole rings is 1. The molecule has 4 heteroatoms. The zero-order chi connectivity index (χ0) is 46.9. The Kier molecular flexibility index (Phi) is 6.79. The molecule has 0 unspecified atom stereocenters. The topological polar surface area (TPSA) is 50.9 Å². The van der Waals surface area contributed by atoms with Crippen LogP contribution < -0.4 is 0 Å². The van der Waals surface area contributed by atoms with Crippen LogP contribution in [0.1, 0.15) is 65.0 Å². The molecule has 0 atom stereocenters. The quantitative estimate of drug-likeness (QED) is 0.170. The predicted molar refractivity (Wildman–Crippen MR) is 230 cm³/mol. The Morgan fingerprint density at radius 2 is 1.45 bits per heavy atom. The summed E-state index contributed by atoms with van der Waals surface area (Å²) in [7, 11) is 0. The van der Waals surface area contributed by atoms with Crippen molar-refractivity contribution < 1.29 is 18.8 Å². The van der Waals surface area contributed by atoms with Crippen LogP contribution in [0, 0.1) is 12.8 Å². The molecule has 272 valence electrons. The fourth-order valence-electron chi connectivity index (χ4n) is 7.03. The van der Waals surface area contributed by atoms with Gasteiger partial charge < -0.3 is 5.11 Å². The van der Waals surface area contributed by atoms with E-state index in [1.54, 1.807) is 12.1 Å². The van der Waals surface area contributed by atoms with E-state index in [1.807, 2.05) is 87.5 Å². The molecular formula is C51H47N3O. The van der Waals surface area contributed by atoms with Crippen molar-refractivity contribution in [1.82, 2.24) is 14.5 Å². The molecule has 0 bridgehead atoms. The fourth-order valence-corrected chi connectivity index (χ4v) is 7.03. The minimum Gasteiger partial charge on any atom is -0.507 e. The summed E-state index contributed by atoms with van der Waals surface area (Å²) in [5, 5.41) is 11.3. The Labute approximate surface area is 338 Å². The third-order valence-electron chi connectivity index (χ3n) is 9.74. The first kappa shape index (κ1) is 25.7. The van der Waals surface area contributed by atoms with Crippen molar-refractivity contribution in [2.24, 2.45) is 5.92 Å². The molecule has 1 N–H and O–H groups in total. The van der Waals surface area contributed by atoms with E-state index in [2.05, 4.69) is 53.7 Å². The number of aromatic nitrogens is 3. The number of nitrogens with zero attached hydrogens (tertiary/aromatic N) is 3. The van der Waals surface area contributed by atoms with Gasteiger partial charge >= 0.3 is 0 Å². The zero-order valence-corrected chi connectivity index (χ0v) is 31.5. The van der Waals surface area contributed by atoms with Crippen LogP contribution in [-0.4, -0.2) is 19.6 Å². The number of hydrogen-bond acceptors (Lipinski definition) is 3. The van der Waals surface area contributed by atoms with Gasteiger partial charge in [0.1, 0.15) is 11.6 Å². The number of aromatic hydroxyl groups is 1. The van der Waals surface area contributed by atoms with E-state index in [0.717, 1.165) is 39.9 Å². The van der Waals surface area contributed by atoms with Crippen molar-refractivity contribution in [3.05, 3.63) is 168 Å². The van der Waals surface area contributed by atoms with Gasteiger partial charge in [0.05, 0.1) is 31.9 Å². The number of phenolic OH excluding ortho intramolecular Hbond substituents is 1. The Bertz CT molecular complexity index is 3140. The number of fused-ring (bicyclic) bond motifs is 1. The van der Waals surface area contributed by atoms with Gasteiger partial charge in [-0.1, -0.05) is 131 Å². The average molecular weight is 728 g/mol. The van der Waals surface area contributed by atoms with Crippen molar-refractivity contribution in [2.45, 2.75) is 53.3 Å². The summed E-state index contributed by atoms with van der Waals surface area (Å²) in [5.41, 5.74) is 6.80. The molecule has 0 aliphatic heterocycles. The Hall–Kier alpha value is -6.26. The number of hydrogen-bond donors (Lipinski definition) is 1. The molecule has 8 rings (SSSR count). The monoisotopic (exact) mass is 727 g/mol. The van der Waals surface area contributed by atoms with Crippen LogP contribution in [0.4, 0.5) is 0 Å². The lowest BCUT2D eigenvalue weighted by atomic mass is 9.83. The smallest absolute Gasteiger partial charge is 0.149 e. The van der Waals surface area contributed by atoms with Crippen LogP contribution in [0.3, 0.4) is 0 Å². The molecule has 0 saturated carbocycles. The summed E-state index contributed by atoms with van der Waals surface area (Å²) in [4.78, 5) is 9.71. The van der Waals surface area contributed by atoms with Gasteiger partial charge in [0.15, 0.2) is 0 Å². The average Bonchev–Trinajstić information content (AvgIpc) is 3.64. The Balaban J connectivity index is 1.38. The highest BCUT2D eigenvalue weighted by molar-refractivity contribution is 5.97. The van der Waals surface area contributed by atoms with Crippen molar-refractivity contribution >= 4 is 11.0 Å². The maximum Gasteiger partial charge on any atom is 0.149 e. The first-order valence-corrected chi connectivity index (χ1v) is 18.4. The van der Waals surface area contributed by atoms with Gasteiger partial charge in [-0.25, -0.2) is 4.98 Å². The molecule has 4 nitrogen and oxygen atoms in total. The molecule has 0 radical (unpaired) electrons. The second-order valence-electron chi connectivity index (χ2n) is 15.3. The number of benzene rings is 6. The maximum absolute atomic E-state index is 11.3. The Morgan fingerprint density at radius 3 is 2.20 bits per heavy atom. The minimum atomic E-state index is -2.95. The van der Waals surface area contributed by atoms with Crippen LogP contribution in [0.5, 0.6) is 5.75 Å². The second-order valence-corrected chi connectivity index (χ2v) is 15.3. The lowest BCUT2D eigenvalue weighted by molar-refractivity contribution is 0.477. The summed E-state index contributed by atoms with van der Waals surface area (Å²) in [6.07, 6.45) is 0.266. The number of rotatable bonds is 8. The Morgan fingerprint density at radius 1 is 0.709 bits per heavy atom. The minimum absolute atomic E-state index is 0.0334. The van der Waals surface area contributed by atoms with E-state index in [0.29, 0.717) is 33.9 Å². The largest absolute Gasteiger partial charge is 0.507 e. The summed E-state index contributed by atoms with van der Waals surface area (Å²) in [5.74, 6) is 0.957. The highest BCUT2D eigenvalue weighted by atomic mass is 16.3. The van der Waals surface area contributed by atoms with E-state index in [9.17, 15) is 6.48 Å². The maximum atomic E-state index is 11.3. The van der Waals surface area contributed by atoms with Crippen LogP contribution in [0.15, 0.2) is 152 Å². The molecule has 0 fully saturated rings. The van der Waals surface area contributed by atoms with Crippen molar-refractivity contribution in [3.8, 4) is 67.5 Å². The molecule has 2 heterocycles. The lowest BCUT2D eigenvalue weighted by Gasteiger charge is -2.22. The van der Waals surface area contributed by atoms with E-state index in [-0.39, 0.29) is 17.0 Å². The lowest BCUT2D eigenvalue weighted by Crippen LogP contribution is -2.11. The van der Waals surface area contributed by atoms with Gasteiger partial charge in [-0.2, -0.15) is 0 Å². The third-order valence-corrected chi connectivity index (χ3v) is 9.74. The van der Waals surface area contributed by atoms with E-state index >= 15 is 0 Å². The van der Waals surface area contributed by atoms with Crippen LogP contribution >= 0.6 is 0 Å². The number of para-hydroxylation sites is 2. The molecule has 0 saturated heterocycles. The normalized spacial score (nSPS) is 14.6. The van der Waals surface area contributed by atoms with Gasteiger partial charge in [-0.15, -0.1) is 0 Å². The van der Waals surface area contributed by atoms with Crippen molar-refractivity contribution in [3.63, 3.8) is 0 Å². The van der Waals surface area contributed by atoms with Crippen molar-refractivity contribution in [1.29, 1.82) is 0 Å². The van der Waals surface area contributed by atoms with Crippen LogP contribution in [0.2, 0.25) is 0 Å². The fraction of sp³-hybridized carbons (Fsp3) is 0.176. The summed E-state index contributed by atoms with van der Waals surface area (Å²) in [6.45, 7) is 7.54. The third kappa shape index (κ3) is 7.20. The second kappa shape index (κ2) is 14.5. The standard InChI is InChI=1S/C51H47N3O/c1-33(2)27-38-31-42(23-24-43(38)36-13-8-7-9-14-36)54-47-17-12-16-44(49(47)53-50(54)45-15-10-11-18-48(45)55)39-28-40(30-41(29-39)51(4,5)6)46-32-37(25-26-52-46)35-21-19-34(3)20-22-35/h7-26,28-33,55H,27H2,1-6H3/i3D3,19D,20D,21D,22D,25D,26D,32D. The van der Waals surface area contributed by atoms with E-state index in [4.69, 9.17) is 17.3 Å². The highest BCUT2D eigenvalue weighted by Crippen LogP contribution is 2.41. The molecule has 2 aromatic heterocycles. The molecular weight excluding hydrogens is 671 g/mol. The summed E-state index contributed by atoms with van der Waals surface area (Å²) < 4.78 is 87.5. The van der Waals surface area contributed by atoms with E-state index in [1.165, 1.54) is 5.56 Å². The SMILES string of the molecule is [2H]c1nc(-c2cc(-c3cccc4c3nc(-c3ccccc3O)n4-c3ccc(-c4ccccc4)c(CC(C)C)c3)cc(C(C)(C)C)c2)c([2H])c(-c2c([2H])c([2H])c(C([2H])([2H])[2H])c([2H])c2[2H])c1[2H]. The first-order valence-electron chi connectivity index (χ1n) is 23.4. The molecule has 0 aliphatic carbocycles. The van der Waals surface area contributed by atoms with Gasteiger partial charge in [0.2, 0.25) is 0 Å². The van der Waals surface area contributed by atoms with Gasteiger partial charge in [-0.3, -0.25) is 9.55 Å². The zero-order valence-electron chi connectivity index (χ0n) is 41.5. The van der Waals surface area contributed by atoms with Gasteiger partial charge in [0, 0.05) is 27.1 Å². The van der Waals surface area contributed by atoms with E-state index < -0.39 is 65.8 Å². The van der Waals surface area contributed by atoms with Gasteiger partial charge in [0.25, 0.3) is 0 Å². The van der Waals surface area contributed by atoms with Crippen LogP contribution in [0.25, 0.3) is 72.7 Å². The first-order chi connectivity index (χ1) is 30.7. The molecule has 0 aliphatic rings. The van der Waals surface area contributed by atoms with Gasteiger partial charge in [-0.05, 0) is 118 Å². The summed E-state index contributed by atoms with van der Waals surface area (Å²) >= 11 is 0. The molecule has 55 heavy (non-hydrogen) atoms. The highest BCUT2D eigenvalue weighted by Gasteiger charge is 2.23. The van der Waals surface area contributed by atoms with Crippen molar-refractivity contribution in [2.75, 3.05) is 0 Å². The molecule has 6 aromatic carbocycles. The summed E-state index contributed by atoms with van der Waals surface area (Å²) in [6, 6.07) is 31.3. The molecule has 0 spiro atoms.